The van der Waals surface area contributed by atoms with Gasteiger partial charge in [-0.05, 0) is 19.8 Å². The minimum atomic E-state index is -0.464. The van der Waals surface area contributed by atoms with Gasteiger partial charge >= 0.3 is 6.03 Å². The first-order valence-electron chi connectivity index (χ1n) is 6.32. The van der Waals surface area contributed by atoms with Crippen molar-refractivity contribution in [2.24, 2.45) is 0 Å². The minimum absolute atomic E-state index is 0.0530. The van der Waals surface area contributed by atoms with Crippen molar-refractivity contribution in [1.29, 1.82) is 0 Å². The van der Waals surface area contributed by atoms with Gasteiger partial charge in [0.15, 0.2) is 0 Å². The van der Waals surface area contributed by atoms with Gasteiger partial charge in [0, 0.05) is 19.6 Å². The van der Waals surface area contributed by atoms with E-state index in [-0.39, 0.29) is 6.03 Å². The fraction of sp³-hybridized carbons (Fsp3) is 0.917. The Kier molecular flexibility index (Phi) is 9.00. The lowest BCUT2D eigenvalue weighted by atomic mass is 10.3. The zero-order valence-electron chi connectivity index (χ0n) is 10.8. The topological polar surface area (TPSA) is 52.6 Å². The van der Waals surface area contributed by atoms with E-state index < -0.39 is 6.10 Å². The highest BCUT2D eigenvalue weighted by Crippen LogP contribution is 1.98. The van der Waals surface area contributed by atoms with Gasteiger partial charge in [-0.25, -0.2) is 4.79 Å². The molecule has 0 aliphatic rings. The highest BCUT2D eigenvalue weighted by Gasteiger charge is 2.13. The smallest absolute Gasteiger partial charge is 0.317 e. The van der Waals surface area contributed by atoms with Gasteiger partial charge in [-0.15, -0.1) is 0 Å². The van der Waals surface area contributed by atoms with Crippen LogP contribution < -0.4 is 5.32 Å². The monoisotopic (exact) mass is 230 g/mol. The average Bonchev–Trinajstić information content (AvgIpc) is 2.23. The van der Waals surface area contributed by atoms with E-state index in [0.717, 1.165) is 38.8 Å². The van der Waals surface area contributed by atoms with Crippen molar-refractivity contribution >= 4 is 6.03 Å². The van der Waals surface area contributed by atoms with Crippen molar-refractivity contribution in [2.75, 3.05) is 19.6 Å². The van der Waals surface area contributed by atoms with Crippen LogP contribution in [0, 0.1) is 0 Å². The van der Waals surface area contributed by atoms with Crippen LogP contribution in [0.5, 0.6) is 0 Å². The number of unbranched alkanes of at least 4 members (excludes halogenated alkanes) is 2. The summed E-state index contributed by atoms with van der Waals surface area (Å²) in [7, 11) is 0. The molecule has 0 radical (unpaired) electrons. The number of rotatable bonds is 8. The molecule has 4 heteroatoms. The molecule has 1 atom stereocenters. The summed E-state index contributed by atoms with van der Waals surface area (Å²) in [4.78, 5) is 13.5. The van der Waals surface area contributed by atoms with Crippen LogP contribution in [0.3, 0.4) is 0 Å². The Morgan fingerprint density at radius 2 is 1.94 bits per heavy atom. The predicted octanol–water partition coefficient (Wildman–Crippen LogP) is 1.98. The molecule has 0 heterocycles. The van der Waals surface area contributed by atoms with Crippen molar-refractivity contribution in [1.82, 2.24) is 10.2 Å². The summed E-state index contributed by atoms with van der Waals surface area (Å²) < 4.78 is 0. The fourth-order valence-electron chi connectivity index (χ4n) is 1.43. The van der Waals surface area contributed by atoms with E-state index in [1.807, 2.05) is 0 Å². The third-order valence-electron chi connectivity index (χ3n) is 2.36. The molecule has 96 valence electrons. The number of aliphatic hydroxyl groups is 1. The van der Waals surface area contributed by atoms with E-state index in [1.165, 1.54) is 0 Å². The standard InChI is InChI=1S/C12H26N2O2/c1-4-6-8-13-12(16)14(9-7-5-2)10-11(3)15/h11,15H,4-10H2,1-3H3,(H,13,16). The van der Waals surface area contributed by atoms with E-state index in [2.05, 4.69) is 19.2 Å². The Labute approximate surface area is 99.0 Å². The second-order valence-corrected chi connectivity index (χ2v) is 4.23. The molecule has 0 saturated heterocycles. The zero-order valence-corrected chi connectivity index (χ0v) is 10.8. The van der Waals surface area contributed by atoms with Gasteiger partial charge in [-0.3, -0.25) is 0 Å². The van der Waals surface area contributed by atoms with Crippen LogP contribution in [0.1, 0.15) is 46.5 Å². The summed E-state index contributed by atoms with van der Waals surface area (Å²) >= 11 is 0. The van der Waals surface area contributed by atoms with Gasteiger partial charge in [-0.1, -0.05) is 26.7 Å². The lowest BCUT2D eigenvalue weighted by Gasteiger charge is -2.24. The maximum Gasteiger partial charge on any atom is 0.317 e. The molecule has 0 bridgehead atoms. The number of nitrogens with zero attached hydrogens (tertiary/aromatic N) is 1. The molecule has 0 saturated carbocycles. The number of carbonyl (C=O) groups excluding carboxylic acids is 1. The molecule has 0 spiro atoms. The van der Waals surface area contributed by atoms with Crippen molar-refractivity contribution < 1.29 is 9.90 Å². The van der Waals surface area contributed by atoms with Crippen LogP contribution in [0.4, 0.5) is 4.79 Å². The maximum absolute atomic E-state index is 11.8. The van der Waals surface area contributed by atoms with Crippen molar-refractivity contribution in [3.8, 4) is 0 Å². The minimum Gasteiger partial charge on any atom is -0.392 e. The van der Waals surface area contributed by atoms with Crippen LogP contribution in [-0.4, -0.2) is 41.8 Å². The fourth-order valence-corrected chi connectivity index (χ4v) is 1.43. The number of carbonyl (C=O) groups is 1. The summed E-state index contributed by atoms with van der Waals surface area (Å²) in [5, 5.41) is 12.2. The number of hydrogen-bond donors (Lipinski definition) is 2. The molecule has 0 aromatic heterocycles. The summed E-state index contributed by atoms with van der Waals surface area (Å²) in [5.41, 5.74) is 0. The van der Waals surface area contributed by atoms with E-state index in [1.54, 1.807) is 11.8 Å². The molecule has 0 aliphatic heterocycles. The zero-order chi connectivity index (χ0) is 12.4. The molecule has 0 rings (SSSR count). The van der Waals surface area contributed by atoms with E-state index in [9.17, 15) is 9.90 Å². The quantitative estimate of drug-likeness (QED) is 0.626. The van der Waals surface area contributed by atoms with Gasteiger partial charge < -0.3 is 15.3 Å². The second-order valence-electron chi connectivity index (χ2n) is 4.23. The molecule has 0 aromatic rings. The number of nitrogens with one attached hydrogen (secondary N) is 1. The molecule has 16 heavy (non-hydrogen) atoms. The second kappa shape index (κ2) is 9.46. The molecule has 1 unspecified atom stereocenters. The first-order chi connectivity index (χ1) is 7.61. The average molecular weight is 230 g/mol. The Morgan fingerprint density at radius 1 is 1.31 bits per heavy atom. The Bertz CT molecular complexity index is 184. The number of amides is 2. The first kappa shape index (κ1) is 15.2. The Balaban J connectivity index is 3.99. The van der Waals surface area contributed by atoms with Crippen LogP contribution >= 0.6 is 0 Å². The molecule has 0 fully saturated rings. The normalized spacial score (nSPS) is 12.2. The lowest BCUT2D eigenvalue weighted by Crippen LogP contribution is -2.44. The van der Waals surface area contributed by atoms with E-state index in [4.69, 9.17) is 0 Å². The summed E-state index contributed by atoms with van der Waals surface area (Å²) in [5.74, 6) is 0. The summed E-state index contributed by atoms with van der Waals surface area (Å²) in [6.45, 7) is 7.75. The number of aliphatic hydroxyl groups excluding tert-OH is 1. The van der Waals surface area contributed by atoms with Crippen molar-refractivity contribution in [2.45, 2.75) is 52.6 Å². The molecule has 2 amide bonds. The molecule has 0 aromatic carbocycles. The van der Waals surface area contributed by atoms with Crippen LogP contribution in [0.2, 0.25) is 0 Å². The lowest BCUT2D eigenvalue weighted by molar-refractivity contribution is 0.132. The van der Waals surface area contributed by atoms with Crippen molar-refractivity contribution in [3.05, 3.63) is 0 Å². The van der Waals surface area contributed by atoms with E-state index >= 15 is 0 Å². The third kappa shape index (κ3) is 7.51. The van der Waals surface area contributed by atoms with E-state index in [0.29, 0.717) is 6.54 Å². The van der Waals surface area contributed by atoms with Crippen LogP contribution in [0.25, 0.3) is 0 Å². The Morgan fingerprint density at radius 3 is 2.44 bits per heavy atom. The highest BCUT2D eigenvalue weighted by molar-refractivity contribution is 5.74. The highest BCUT2D eigenvalue weighted by atomic mass is 16.3. The SMILES string of the molecule is CCCCNC(=O)N(CCCC)CC(C)O. The van der Waals surface area contributed by atoms with Gasteiger partial charge in [0.2, 0.25) is 0 Å². The van der Waals surface area contributed by atoms with Crippen LogP contribution in [-0.2, 0) is 0 Å². The van der Waals surface area contributed by atoms with Gasteiger partial charge in [0.1, 0.15) is 0 Å². The van der Waals surface area contributed by atoms with Gasteiger partial charge in [-0.2, -0.15) is 0 Å². The summed E-state index contributed by atoms with van der Waals surface area (Å²) in [6, 6.07) is -0.0530. The van der Waals surface area contributed by atoms with Gasteiger partial charge in [0.05, 0.1) is 6.10 Å². The van der Waals surface area contributed by atoms with Gasteiger partial charge in [0.25, 0.3) is 0 Å². The predicted molar refractivity (Wildman–Crippen MR) is 66.5 cm³/mol. The van der Waals surface area contributed by atoms with Crippen molar-refractivity contribution in [3.63, 3.8) is 0 Å². The molecule has 4 nitrogen and oxygen atoms in total. The maximum atomic E-state index is 11.8. The molecule has 0 aliphatic carbocycles. The molecular formula is C12H26N2O2. The summed E-state index contributed by atoms with van der Waals surface area (Å²) in [6.07, 6.45) is 3.65. The molecule has 2 N–H and O–H groups in total. The Hall–Kier alpha value is -0.770. The largest absolute Gasteiger partial charge is 0.392 e. The number of hydrogen-bond acceptors (Lipinski definition) is 2. The number of urea groups is 1. The third-order valence-corrected chi connectivity index (χ3v) is 2.36. The first-order valence-corrected chi connectivity index (χ1v) is 6.32. The molecular weight excluding hydrogens is 204 g/mol. The van der Waals surface area contributed by atoms with Crippen LogP contribution in [0.15, 0.2) is 0 Å².